The zero-order valence-corrected chi connectivity index (χ0v) is 12.0. The van der Waals surface area contributed by atoms with Gasteiger partial charge < -0.3 is 19.3 Å². The summed E-state index contributed by atoms with van der Waals surface area (Å²) < 4.78 is 11.0. The van der Waals surface area contributed by atoms with Gasteiger partial charge in [-0.2, -0.15) is 0 Å². The second-order valence-corrected chi connectivity index (χ2v) is 5.00. The lowest BCUT2D eigenvalue weighted by atomic mass is 10.3. The van der Waals surface area contributed by atoms with Crippen LogP contribution in [-0.2, 0) is 0 Å². The van der Waals surface area contributed by atoms with Crippen LogP contribution in [0.4, 0.5) is 0 Å². The fourth-order valence-electron chi connectivity index (χ4n) is 2.28. The second-order valence-electron chi connectivity index (χ2n) is 5.00. The molecule has 1 saturated heterocycles. The predicted octanol–water partition coefficient (Wildman–Crippen LogP) is 1.71. The molecular formula is C15H24N2O2. The van der Waals surface area contributed by atoms with Crippen LogP contribution >= 0.6 is 0 Å². The topological polar surface area (TPSA) is 24.9 Å². The molecule has 106 valence electrons. The molecule has 19 heavy (non-hydrogen) atoms. The van der Waals surface area contributed by atoms with E-state index in [1.165, 1.54) is 26.2 Å². The molecule has 1 heterocycles. The van der Waals surface area contributed by atoms with Gasteiger partial charge in [-0.1, -0.05) is 12.1 Å². The molecule has 0 bridgehead atoms. The van der Waals surface area contributed by atoms with E-state index in [-0.39, 0.29) is 0 Å². The van der Waals surface area contributed by atoms with Gasteiger partial charge in [-0.25, -0.2) is 0 Å². The van der Waals surface area contributed by atoms with Gasteiger partial charge in [-0.3, -0.25) is 0 Å². The second kappa shape index (κ2) is 7.36. The number of hydrogen-bond donors (Lipinski definition) is 0. The zero-order valence-electron chi connectivity index (χ0n) is 12.0. The first-order valence-electron chi connectivity index (χ1n) is 6.96. The van der Waals surface area contributed by atoms with Crippen molar-refractivity contribution in [1.82, 2.24) is 9.80 Å². The van der Waals surface area contributed by atoms with E-state index in [0.29, 0.717) is 0 Å². The highest BCUT2D eigenvalue weighted by atomic mass is 16.5. The molecule has 0 aromatic heterocycles. The van der Waals surface area contributed by atoms with E-state index >= 15 is 0 Å². The smallest absolute Gasteiger partial charge is 0.161 e. The van der Waals surface area contributed by atoms with Crippen LogP contribution in [0.25, 0.3) is 0 Å². The first-order valence-corrected chi connectivity index (χ1v) is 6.96. The minimum atomic E-state index is 0.743. The maximum absolute atomic E-state index is 5.78. The number of hydrogen-bond acceptors (Lipinski definition) is 4. The summed E-state index contributed by atoms with van der Waals surface area (Å²) in [4.78, 5) is 4.88. The van der Waals surface area contributed by atoms with E-state index in [1.807, 2.05) is 24.3 Å². The quantitative estimate of drug-likeness (QED) is 0.730. The van der Waals surface area contributed by atoms with E-state index in [9.17, 15) is 0 Å². The minimum absolute atomic E-state index is 0.743. The lowest BCUT2D eigenvalue weighted by Crippen LogP contribution is -2.44. The van der Waals surface area contributed by atoms with Gasteiger partial charge in [-0.15, -0.1) is 0 Å². The van der Waals surface area contributed by atoms with Gasteiger partial charge in [0, 0.05) is 32.7 Å². The largest absolute Gasteiger partial charge is 0.493 e. The van der Waals surface area contributed by atoms with Gasteiger partial charge in [0.05, 0.1) is 13.7 Å². The molecule has 4 nitrogen and oxygen atoms in total. The minimum Gasteiger partial charge on any atom is -0.493 e. The van der Waals surface area contributed by atoms with Crippen LogP contribution in [0.3, 0.4) is 0 Å². The normalized spacial score (nSPS) is 17.4. The predicted molar refractivity (Wildman–Crippen MR) is 77.0 cm³/mol. The van der Waals surface area contributed by atoms with Crippen LogP contribution in [0.1, 0.15) is 6.42 Å². The number of ether oxygens (including phenoxy) is 2. The SMILES string of the molecule is COc1ccccc1OCCCN1CCN(C)CC1. The van der Waals surface area contributed by atoms with Crippen LogP contribution in [-0.4, -0.2) is 63.3 Å². The molecule has 0 saturated carbocycles. The van der Waals surface area contributed by atoms with Crippen molar-refractivity contribution in [3.05, 3.63) is 24.3 Å². The Morgan fingerprint density at radius 2 is 1.74 bits per heavy atom. The Morgan fingerprint density at radius 3 is 2.42 bits per heavy atom. The summed E-state index contributed by atoms with van der Waals surface area (Å²) in [6, 6.07) is 7.80. The highest BCUT2D eigenvalue weighted by Gasteiger charge is 2.12. The Hall–Kier alpha value is -1.26. The molecule has 1 aromatic rings. The summed E-state index contributed by atoms with van der Waals surface area (Å²) in [6.45, 7) is 6.55. The van der Waals surface area contributed by atoms with E-state index in [2.05, 4.69) is 16.8 Å². The van der Waals surface area contributed by atoms with Crippen LogP contribution in [0.5, 0.6) is 11.5 Å². The average molecular weight is 264 g/mol. The van der Waals surface area contributed by atoms with E-state index in [1.54, 1.807) is 7.11 Å². The number of nitrogens with zero attached hydrogens (tertiary/aromatic N) is 2. The van der Waals surface area contributed by atoms with E-state index in [0.717, 1.165) is 31.1 Å². The number of piperazine rings is 1. The summed E-state index contributed by atoms with van der Waals surface area (Å²) >= 11 is 0. The van der Waals surface area contributed by atoms with Crippen LogP contribution in [0.15, 0.2) is 24.3 Å². The molecule has 1 fully saturated rings. The number of likely N-dealkylation sites (N-methyl/N-ethyl adjacent to an activating group) is 1. The molecule has 0 radical (unpaired) electrons. The molecule has 0 unspecified atom stereocenters. The van der Waals surface area contributed by atoms with Gasteiger partial charge in [0.15, 0.2) is 11.5 Å². The van der Waals surface area contributed by atoms with Crippen molar-refractivity contribution in [1.29, 1.82) is 0 Å². The van der Waals surface area contributed by atoms with Gasteiger partial charge in [0.2, 0.25) is 0 Å². The van der Waals surface area contributed by atoms with Crippen LogP contribution < -0.4 is 9.47 Å². The fourth-order valence-corrected chi connectivity index (χ4v) is 2.28. The Morgan fingerprint density at radius 1 is 1.05 bits per heavy atom. The molecule has 4 heteroatoms. The van der Waals surface area contributed by atoms with Crippen molar-refractivity contribution >= 4 is 0 Å². The molecule has 1 aliphatic heterocycles. The average Bonchev–Trinajstić information content (AvgIpc) is 2.46. The Bertz CT molecular complexity index is 376. The molecule has 0 aliphatic carbocycles. The molecule has 2 rings (SSSR count). The van der Waals surface area contributed by atoms with Crippen molar-refractivity contribution in [2.75, 3.05) is 53.5 Å². The maximum atomic E-state index is 5.78. The third kappa shape index (κ3) is 4.40. The highest BCUT2D eigenvalue weighted by Crippen LogP contribution is 2.25. The first-order chi connectivity index (χ1) is 9.29. The summed E-state index contributed by atoms with van der Waals surface area (Å²) in [7, 11) is 3.86. The number of para-hydroxylation sites is 2. The molecule has 0 spiro atoms. The summed E-state index contributed by atoms with van der Waals surface area (Å²) in [5, 5.41) is 0. The monoisotopic (exact) mass is 264 g/mol. The number of rotatable bonds is 6. The van der Waals surface area contributed by atoms with E-state index < -0.39 is 0 Å². The van der Waals surface area contributed by atoms with Crippen molar-refractivity contribution in [2.24, 2.45) is 0 Å². The Labute approximate surface area is 115 Å². The maximum Gasteiger partial charge on any atom is 0.161 e. The van der Waals surface area contributed by atoms with Gasteiger partial charge >= 0.3 is 0 Å². The zero-order chi connectivity index (χ0) is 13.5. The summed E-state index contributed by atoms with van der Waals surface area (Å²) in [5.74, 6) is 1.64. The van der Waals surface area contributed by atoms with Crippen molar-refractivity contribution in [2.45, 2.75) is 6.42 Å². The van der Waals surface area contributed by atoms with Crippen LogP contribution in [0, 0.1) is 0 Å². The van der Waals surface area contributed by atoms with Crippen molar-refractivity contribution in [3.8, 4) is 11.5 Å². The number of benzene rings is 1. The number of methoxy groups -OCH3 is 1. The summed E-state index contributed by atoms with van der Waals surface area (Å²) in [5.41, 5.74) is 0. The van der Waals surface area contributed by atoms with Crippen molar-refractivity contribution < 1.29 is 9.47 Å². The third-order valence-electron chi connectivity index (χ3n) is 3.54. The first kappa shape index (κ1) is 14.2. The van der Waals surface area contributed by atoms with Gasteiger partial charge in [0.25, 0.3) is 0 Å². The van der Waals surface area contributed by atoms with E-state index in [4.69, 9.17) is 9.47 Å². The van der Waals surface area contributed by atoms with Crippen molar-refractivity contribution in [3.63, 3.8) is 0 Å². The van der Waals surface area contributed by atoms with Crippen LogP contribution in [0.2, 0.25) is 0 Å². The molecule has 0 amide bonds. The molecular weight excluding hydrogens is 240 g/mol. The van der Waals surface area contributed by atoms with Gasteiger partial charge in [-0.05, 0) is 25.6 Å². The van der Waals surface area contributed by atoms with Gasteiger partial charge in [0.1, 0.15) is 0 Å². The highest BCUT2D eigenvalue weighted by molar-refractivity contribution is 5.39. The summed E-state index contributed by atoms with van der Waals surface area (Å²) in [6.07, 6.45) is 1.06. The third-order valence-corrected chi connectivity index (χ3v) is 3.54. The lowest BCUT2D eigenvalue weighted by molar-refractivity contribution is 0.145. The Balaban J connectivity index is 1.66. The lowest BCUT2D eigenvalue weighted by Gasteiger charge is -2.32. The molecule has 1 aliphatic rings. The molecule has 0 atom stereocenters. The fraction of sp³-hybridized carbons (Fsp3) is 0.600. The molecule has 1 aromatic carbocycles. The standard InChI is InChI=1S/C15H24N2O2/c1-16-9-11-17(12-10-16)8-5-13-19-15-7-4-3-6-14(15)18-2/h3-4,6-7H,5,8-13H2,1-2H3. The molecule has 0 N–H and O–H groups in total. The Kier molecular flexibility index (Phi) is 5.48.